The molecule has 4 nitrogen and oxygen atoms in total. The summed E-state index contributed by atoms with van der Waals surface area (Å²) in [4.78, 5) is 14.6. The molecule has 102 valence electrons. The number of aromatic nitrogens is 3. The maximum Gasteiger partial charge on any atom is 0.137 e. The number of piperidine rings is 1. The van der Waals surface area contributed by atoms with E-state index in [1.807, 2.05) is 24.8 Å². The molecule has 0 spiro atoms. The maximum atomic E-state index is 4.46. The van der Waals surface area contributed by atoms with E-state index in [4.69, 9.17) is 0 Å². The van der Waals surface area contributed by atoms with Crippen LogP contribution >= 0.6 is 0 Å². The van der Waals surface area contributed by atoms with Gasteiger partial charge < -0.3 is 9.88 Å². The number of H-pyrrole nitrogens is 1. The van der Waals surface area contributed by atoms with Gasteiger partial charge in [-0.05, 0) is 32.3 Å². The van der Waals surface area contributed by atoms with Gasteiger partial charge in [-0.25, -0.2) is 4.98 Å². The highest BCUT2D eigenvalue weighted by Gasteiger charge is 2.21. The highest BCUT2D eigenvalue weighted by molar-refractivity contribution is 6.11. The molecule has 0 aliphatic carbocycles. The molecule has 0 aromatic carbocycles. The third-order valence-corrected chi connectivity index (χ3v) is 4.39. The molecule has 0 radical (unpaired) electrons. The Hall–Kier alpha value is -2.10. The summed E-state index contributed by atoms with van der Waals surface area (Å²) in [5.41, 5.74) is 2.20. The molecule has 1 unspecified atom stereocenters. The van der Waals surface area contributed by atoms with Crippen LogP contribution in [0, 0.1) is 0 Å². The number of fused-ring (bicyclic) bond motifs is 3. The van der Waals surface area contributed by atoms with Crippen LogP contribution < -0.4 is 4.90 Å². The summed E-state index contributed by atoms with van der Waals surface area (Å²) in [6.07, 6.45) is 11.7. The van der Waals surface area contributed by atoms with Gasteiger partial charge in [0.2, 0.25) is 0 Å². The van der Waals surface area contributed by atoms with Gasteiger partial charge in [0, 0.05) is 47.3 Å². The van der Waals surface area contributed by atoms with Gasteiger partial charge in [0.1, 0.15) is 5.65 Å². The minimum atomic E-state index is 0.582. The van der Waals surface area contributed by atoms with E-state index in [-0.39, 0.29) is 0 Å². The normalized spacial score (nSPS) is 19.9. The van der Waals surface area contributed by atoms with Gasteiger partial charge >= 0.3 is 0 Å². The zero-order chi connectivity index (χ0) is 13.5. The zero-order valence-electron chi connectivity index (χ0n) is 11.6. The minimum Gasteiger partial charge on any atom is -0.367 e. The third-order valence-electron chi connectivity index (χ3n) is 4.39. The van der Waals surface area contributed by atoms with Crippen LogP contribution in [0.1, 0.15) is 26.2 Å². The lowest BCUT2D eigenvalue weighted by Gasteiger charge is -2.35. The Morgan fingerprint density at radius 1 is 1.25 bits per heavy atom. The molecule has 0 saturated carbocycles. The van der Waals surface area contributed by atoms with Crippen LogP contribution in [0.4, 0.5) is 5.69 Å². The molecule has 1 fully saturated rings. The summed E-state index contributed by atoms with van der Waals surface area (Å²) < 4.78 is 0. The summed E-state index contributed by atoms with van der Waals surface area (Å²) in [7, 11) is 0. The fourth-order valence-electron chi connectivity index (χ4n) is 3.33. The fourth-order valence-corrected chi connectivity index (χ4v) is 3.33. The second-order valence-corrected chi connectivity index (χ2v) is 5.66. The summed E-state index contributed by atoms with van der Waals surface area (Å²) in [6, 6.07) is 2.70. The Bertz CT molecular complexity index is 761. The predicted molar refractivity (Wildman–Crippen MR) is 82.1 cm³/mol. The lowest BCUT2D eigenvalue weighted by molar-refractivity contribution is 0.485. The fraction of sp³-hybridized carbons (Fsp3) is 0.375. The number of pyridine rings is 2. The monoisotopic (exact) mass is 266 g/mol. The number of nitrogens with zero attached hydrogens (tertiary/aromatic N) is 3. The minimum absolute atomic E-state index is 0.582. The first-order valence-corrected chi connectivity index (χ1v) is 7.31. The third kappa shape index (κ3) is 1.68. The van der Waals surface area contributed by atoms with Crippen molar-refractivity contribution in [2.45, 2.75) is 32.2 Å². The second-order valence-electron chi connectivity index (χ2n) is 5.66. The molecule has 4 heterocycles. The van der Waals surface area contributed by atoms with Crippen LogP contribution in [0.5, 0.6) is 0 Å². The molecule has 3 aromatic rings. The smallest absolute Gasteiger partial charge is 0.137 e. The summed E-state index contributed by atoms with van der Waals surface area (Å²) >= 11 is 0. The predicted octanol–water partition coefficient (Wildman–Crippen LogP) is 3.49. The highest BCUT2D eigenvalue weighted by Crippen LogP contribution is 2.34. The van der Waals surface area contributed by atoms with Gasteiger partial charge in [0.05, 0.1) is 11.9 Å². The van der Waals surface area contributed by atoms with Gasteiger partial charge in [-0.15, -0.1) is 0 Å². The molecule has 1 aliphatic rings. The van der Waals surface area contributed by atoms with E-state index in [9.17, 15) is 0 Å². The van der Waals surface area contributed by atoms with Gasteiger partial charge in [0.15, 0.2) is 0 Å². The lowest BCUT2D eigenvalue weighted by Crippen LogP contribution is -2.37. The number of anilines is 1. The molecular formula is C16H18N4. The van der Waals surface area contributed by atoms with E-state index in [0.717, 1.165) is 17.6 Å². The van der Waals surface area contributed by atoms with E-state index >= 15 is 0 Å². The van der Waals surface area contributed by atoms with Crippen LogP contribution in [-0.4, -0.2) is 27.5 Å². The molecule has 1 aliphatic heterocycles. The number of nitrogens with one attached hydrogen (secondary N) is 1. The van der Waals surface area contributed by atoms with Crippen LogP contribution in [0.2, 0.25) is 0 Å². The van der Waals surface area contributed by atoms with Gasteiger partial charge in [0.25, 0.3) is 0 Å². The van der Waals surface area contributed by atoms with Crippen molar-refractivity contribution in [3.8, 4) is 0 Å². The first kappa shape index (κ1) is 11.7. The van der Waals surface area contributed by atoms with Crippen molar-refractivity contribution in [1.82, 2.24) is 15.0 Å². The Labute approximate surface area is 117 Å². The summed E-state index contributed by atoms with van der Waals surface area (Å²) in [6.45, 7) is 3.43. The van der Waals surface area contributed by atoms with Crippen molar-refractivity contribution in [3.05, 3.63) is 30.9 Å². The van der Waals surface area contributed by atoms with E-state index in [1.165, 1.54) is 35.7 Å². The largest absolute Gasteiger partial charge is 0.367 e. The first-order chi connectivity index (χ1) is 9.84. The molecule has 4 heteroatoms. The quantitative estimate of drug-likeness (QED) is 0.733. The van der Waals surface area contributed by atoms with Crippen LogP contribution in [0.25, 0.3) is 21.8 Å². The molecule has 1 saturated heterocycles. The Morgan fingerprint density at radius 2 is 2.20 bits per heavy atom. The average molecular weight is 266 g/mol. The lowest BCUT2D eigenvalue weighted by atomic mass is 10.0. The number of hydrogen-bond acceptors (Lipinski definition) is 3. The van der Waals surface area contributed by atoms with Crippen LogP contribution in [0.15, 0.2) is 30.9 Å². The Balaban J connectivity index is 2.00. The first-order valence-electron chi connectivity index (χ1n) is 7.31. The highest BCUT2D eigenvalue weighted by atomic mass is 15.2. The van der Waals surface area contributed by atoms with Gasteiger partial charge in [-0.1, -0.05) is 0 Å². The Morgan fingerprint density at radius 3 is 3.10 bits per heavy atom. The van der Waals surface area contributed by atoms with E-state index in [0.29, 0.717) is 6.04 Å². The van der Waals surface area contributed by atoms with Crippen molar-refractivity contribution >= 4 is 27.5 Å². The van der Waals surface area contributed by atoms with Crippen molar-refractivity contribution in [3.63, 3.8) is 0 Å². The zero-order valence-corrected chi connectivity index (χ0v) is 11.6. The molecule has 0 amide bonds. The molecule has 1 N–H and O–H groups in total. The van der Waals surface area contributed by atoms with Crippen LogP contribution in [-0.2, 0) is 0 Å². The van der Waals surface area contributed by atoms with Crippen LogP contribution in [0.3, 0.4) is 0 Å². The second kappa shape index (κ2) is 4.47. The van der Waals surface area contributed by atoms with Crippen molar-refractivity contribution in [1.29, 1.82) is 0 Å². The van der Waals surface area contributed by atoms with Crippen molar-refractivity contribution in [2.75, 3.05) is 11.4 Å². The van der Waals surface area contributed by atoms with E-state index in [1.54, 1.807) is 0 Å². The standard InChI is InChI=1S/C16H18N4/c1-11-4-2-3-7-20(11)14-10-17-8-12-9-19-16-13(15(12)14)5-6-18-16/h5-6,8-11H,2-4,7H2,1H3,(H,18,19). The van der Waals surface area contributed by atoms with Gasteiger partial charge in [-0.3, -0.25) is 4.98 Å². The average Bonchev–Trinajstić information content (AvgIpc) is 2.96. The SMILES string of the molecule is CC1CCCCN1c1cncc2cnc3[nH]ccc3c12. The van der Waals surface area contributed by atoms with Crippen molar-refractivity contribution < 1.29 is 0 Å². The number of aromatic amines is 1. The summed E-state index contributed by atoms with van der Waals surface area (Å²) in [5.74, 6) is 0. The topological polar surface area (TPSA) is 44.8 Å². The van der Waals surface area contributed by atoms with E-state index in [2.05, 4.69) is 32.8 Å². The molecule has 20 heavy (non-hydrogen) atoms. The maximum absolute atomic E-state index is 4.46. The molecular weight excluding hydrogens is 248 g/mol. The molecule has 4 rings (SSSR count). The molecule has 3 aromatic heterocycles. The number of rotatable bonds is 1. The molecule has 0 bridgehead atoms. The van der Waals surface area contributed by atoms with Gasteiger partial charge in [-0.2, -0.15) is 0 Å². The molecule has 1 atom stereocenters. The summed E-state index contributed by atoms with van der Waals surface area (Å²) in [5, 5.41) is 3.59. The Kier molecular flexibility index (Phi) is 2.62. The number of hydrogen-bond donors (Lipinski definition) is 1. The van der Waals surface area contributed by atoms with Crippen molar-refractivity contribution in [2.24, 2.45) is 0 Å². The van der Waals surface area contributed by atoms with E-state index < -0.39 is 0 Å².